The molecule has 0 spiro atoms. The van der Waals surface area contributed by atoms with Crippen LogP contribution in [0, 0.1) is 0 Å². The van der Waals surface area contributed by atoms with Crippen molar-refractivity contribution in [3.05, 3.63) is 29.3 Å². The third-order valence-corrected chi connectivity index (χ3v) is 2.15. The summed E-state index contributed by atoms with van der Waals surface area (Å²) in [6.45, 7) is 0. The van der Waals surface area contributed by atoms with Crippen molar-refractivity contribution in [2.45, 2.75) is 18.6 Å². The summed E-state index contributed by atoms with van der Waals surface area (Å²) >= 11 is 0. The van der Waals surface area contributed by atoms with Crippen LogP contribution in [0.3, 0.4) is 0 Å². The highest BCUT2D eigenvalue weighted by atomic mass is 19.4. The number of phenolic OH excluding ortho intramolecular Hbond substituents is 1. The molecule has 7 heteroatoms. The van der Waals surface area contributed by atoms with Crippen molar-refractivity contribution in [3.63, 3.8) is 0 Å². The number of carboxylic acid groups (broad SMARTS) is 1. The van der Waals surface area contributed by atoms with Crippen LogP contribution in [0.15, 0.2) is 18.2 Å². The Bertz CT molecular complexity index is 431. The van der Waals surface area contributed by atoms with E-state index in [1.54, 1.807) is 0 Å². The zero-order valence-electron chi connectivity index (χ0n) is 8.53. The van der Waals surface area contributed by atoms with Crippen molar-refractivity contribution in [3.8, 4) is 5.75 Å². The normalized spacial score (nSPS) is 13.4. The smallest absolute Gasteiger partial charge is 0.419 e. The molecule has 0 heterocycles. The summed E-state index contributed by atoms with van der Waals surface area (Å²) in [5.74, 6) is -2.12. The van der Waals surface area contributed by atoms with Crippen LogP contribution >= 0.6 is 0 Å². The lowest BCUT2D eigenvalue weighted by Crippen LogP contribution is -2.16. The average molecular weight is 249 g/mol. The van der Waals surface area contributed by atoms with E-state index >= 15 is 0 Å². The molecule has 0 aromatic heterocycles. The fraction of sp³-hybridized carbons (Fsp3) is 0.300. The highest BCUT2D eigenvalue weighted by Crippen LogP contribution is 2.37. The van der Waals surface area contributed by atoms with E-state index in [1.807, 2.05) is 0 Å². The van der Waals surface area contributed by atoms with Gasteiger partial charge in [-0.25, -0.2) is 0 Å². The fourth-order valence-electron chi connectivity index (χ4n) is 1.32. The Morgan fingerprint density at radius 3 is 2.47 bits per heavy atom. The zero-order valence-corrected chi connectivity index (χ0v) is 8.53. The van der Waals surface area contributed by atoms with Crippen LogP contribution in [0.2, 0.25) is 0 Å². The largest absolute Gasteiger partial charge is 0.507 e. The molecule has 0 aliphatic heterocycles. The lowest BCUT2D eigenvalue weighted by atomic mass is 10.0. The standard InChI is InChI=1S/C10H10F3NO3/c11-10(12,13)6-3-5(1-2-8(6)15)7(14)4-9(16)17/h1-3,7,15H,4,14H2,(H,16,17)/t7-/m1/s1. The molecule has 0 aliphatic rings. The van der Waals surface area contributed by atoms with Gasteiger partial charge in [0.25, 0.3) is 0 Å². The van der Waals surface area contributed by atoms with Gasteiger partial charge < -0.3 is 15.9 Å². The van der Waals surface area contributed by atoms with Gasteiger partial charge in [-0.3, -0.25) is 4.79 Å². The second kappa shape index (κ2) is 4.62. The Morgan fingerprint density at radius 1 is 1.41 bits per heavy atom. The first-order chi connectivity index (χ1) is 7.71. The number of aromatic hydroxyl groups is 1. The summed E-state index contributed by atoms with van der Waals surface area (Å²) in [4.78, 5) is 10.4. The maximum Gasteiger partial charge on any atom is 0.419 e. The summed E-state index contributed by atoms with van der Waals surface area (Å²) in [6, 6.07) is 1.62. The quantitative estimate of drug-likeness (QED) is 0.763. The summed E-state index contributed by atoms with van der Waals surface area (Å²) in [6.07, 6.45) is -5.19. The zero-order chi connectivity index (χ0) is 13.2. The first kappa shape index (κ1) is 13.3. The monoisotopic (exact) mass is 249 g/mol. The minimum Gasteiger partial charge on any atom is -0.507 e. The Balaban J connectivity index is 3.08. The summed E-state index contributed by atoms with van der Waals surface area (Å²) < 4.78 is 37.3. The van der Waals surface area contributed by atoms with Gasteiger partial charge in [0.1, 0.15) is 5.75 Å². The van der Waals surface area contributed by atoms with Gasteiger partial charge in [-0.05, 0) is 17.7 Å². The molecule has 17 heavy (non-hydrogen) atoms. The molecular formula is C10H10F3NO3. The molecular weight excluding hydrogens is 239 g/mol. The van der Waals surface area contributed by atoms with Crippen molar-refractivity contribution in [1.29, 1.82) is 0 Å². The van der Waals surface area contributed by atoms with Crippen LogP contribution in [-0.2, 0) is 11.0 Å². The van der Waals surface area contributed by atoms with Gasteiger partial charge in [0.2, 0.25) is 0 Å². The van der Waals surface area contributed by atoms with Gasteiger partial charge in [0, 0.05) is 6.04 Å². The number of halogens is 3. The Hall–Kier alpha value is -1.76. The van der Waals surface area contributed by atoms with Gasteiger partial charge in [0.15, 0.2) is 0 Å². The molecule has 0 saturated heterocycles. The van der Waals surface area contributed by atoms with Gasteiger partial charge in [0.05, 0.1) is 12.0 Å². The van der Waals surface area contributed by atoms with Crippen LogP contribution in [0.5, 0.6) is 5.75 Å². The maximum atomic E-state index is 12.4. The fourth-order valence-corrected chi connectivity index (χ4v) is 1.32. The summed E-state index contributed by atoms with van der Waals surface area (Å²) in [5.41, 5.74) is 4.21. The van der Waals surface area contributed by atoms with E-state index < -0.39 is 35.9 Å². The van der Waals surface area contributed by atoms with E-state index in [0.717, 1.165) is 12.1 Å². The molecule has 1 rings (SSSR count). The first-order valence-corrected chi connectivity index (χ1v) is 4.59. The van der Waals surface area contributed by atoms with Crippen LogP contribution in [0.4, 0.5) is 13.2 Å². The molecule has 1 aromatic carbocycles. The highest BCUT2D eigenvalue weighted by Gasteiger charge is 2.34. The van der Waals surface area contributed by atoms with E-state index in [-0.39, 0.29) is 5.56 Å². The van der Waals surface area contributed by atoms with Gasteiger partial charge in [-0.1, -0.05) is 6.07 Å². The Labute approximate surface area is 94.5 Å². The second-order valence-electron chi connectivity index (χ2n) is 3.48. The van der Waals surface area contributed by atoms with Gasteiger partial charge in [-0.15, -0.1) is 0 Å². The third kappa shape index (κ3) is 3.35. The predicted octanol–water partition coefficient (Wildman–Crippen LogP) is 1.89. The van der Waals surface area contributed by atoms with E-state index in [4.69, 9.17) is 15.9 Å². The predicted molar refractivity (Wildman–Crippen MR) is 52.3 cm³/mol. The minimum absolute atomic E-state index is 0.0116. The third-order valence-electron chi connectivity index (χ3n) is 2.15. The van der Waals surface area contributed by atoms with Crippen LogP contribution in [-0.4, -0.2) is 16.2 Å². The Kier molecular flexibility index (Phi) is 3.62. The minimum atomic E-state index is -4.71. The molecule has 0 unspecified atom stereocenters. The van der Waals surface area contributed by atoms with E-state index in [2.05, 4.69) is 0 Å². The number of hydrogen-bond acceptors (Lipinski definition) is 3. The molecule has 0 aliphatic carbocycles. The molecule has 0 amide bonds. The number of phenols is 1. The Morgan fingerprint density at radius 2 is 2.00 bits per heavy atom. The van der Waals surface area contributed by atoms with Crippen LogP contribution in [0.25, 0.3) is 0 Å². The topological polar surface area (TPSA) is 83.6 Å². The molecule has 0 radical (unpaired) electrons. The maximum absolute atomic E-state index is 12.4. The molecule has 1 aromatic rings. The highest BCUT2D eigenvalue weighted by molar-refractivity contribution is 5.68. The first-order valence-electron chi connectivity index (χ1n) is 4.59. The van der Waals surface area contributed by atoms with Crippen molar-refractivity contribution >= 4 is 5.97 Å². The van der Waals surface area contributed by atoms with Gasteiger partial charge in [-0.2, -0.15) is 13.2 Å². The number of nitrogens with two attached hydrogens (primary N) is 1. The van der Waals surface area contributed by atoms with Crippen LogP contribution < -0.4 is 5.73 Å². The van der Waals surface area contributed by atoms with E-state index in [9.17, 15) is 18.0 Å². The average Bonchev–Trinajstić information content (AvgIpc) is 2.15. The summed E-state index contributed by atoms with van der Waals surface area (Å²) in [5, 5.41) is 17.5. The SMILES string of the molecule is N[C@H](CC(=O)O)c1ccc(O)c(C(F)(F)F)c1. The van der Waals surface area contributed by atoms with E-state index in [1.165, 1.54) is 0 Å². The second-order valence-corrected chi connectivity index (χ2v) is 3.48. The molecule has 0 saturated carbocycles. The molecule has 94 valence electrons. The summed E-state index contributed by atoms with van der Waals surface area (Å²) in [7, 11) is 0. The molecule has 0 fully saturated rings. The van der Waals surface area contributed by atoms with Crippen molar-refractivity contribution in [1.82, 2.24) is 0 Å². The number of hydrogen-bond donors (Lipinski definition) is 3. The number of alkyl halides is 3. The number of benzene rings is 1. The van der Waals surface area contributed by atoms with Gasteiger partial charge >= 0.3 is 12.1 Å². The lowest BCUT2D eigenvalue weighted by molar-refractivity contribution is -0.139. The number of carbonyl (C=O) groups is 1. The van der Waals surface area contributed by atoms with Crippen molar-refractivity contribution in [2.24, 2.45) is 5.73 Å². The van der Waals surface area contributed by atoms with E-state index in [0.29, 0.717) is 6.07 Å². The van der Waals surface area contributed by atoms with Crippen molar-refractivity contribution < 1.29 is 28.2 Å². The molecule has 0 bridgehead atoms. The molecule has 1 atom stereocenters. The number of aliphatic carboxylic acids is 1. The molecule has 4 N–H and O–H groups in total. The van der Waals surface area contributed by atoms with Crippen LogP contribution in [0.1, 0.15) is 23.6 Å². The lowest BCUT2D eigenvalue weighted by Gasteiger charge is -2.14. The van der Waals surface area contributed by atoms with Crippen molar-refractivity contribution in [2.75, 3.05) is 0 Å². The molecule has 4 nitrogen and oxygen atoms in total. The number of carboxylic acids is 1. The number of rotatable bonds is 3.